The Bertz CT molecular complexity index is 607. The number of piperidine rings is 1. The molecule has 0 aliphatic carbocycles. The molecule has 7 heteroatoms. The van der Waals surface area contributed by atoms with E-state index < -0.39 is 0 Å². The van der Waals surface area contributed by atoms with Crippen LogP contribution in [0.25, 0.3) is 0 Å². The molecular weight excluding hydrogens is 286 g/mol. The summed E-state index contributed by atoms with van der Waals surface area (Å²) in [6, 6.07) is 3.76. The summed E-state index contributed by atoms with van der Waals surface area (Å²) >= 11 is 1.61. The van der Waals surface area contributed by atoms with Gasteiger partial charge in [-0.15, -0.1) is 10.2 Å². The lowest BCUT2D eigenvalue weighted by Gasteiger charge is -2.31. The van der Waals surface area contributed by atoms with Gasteiger partial charge in [0.25, 0.3) is 5.91 Å². The largest absolute Gasteiger partial charge is 0.349 e. The standard InChI is InChI=1S/C14H17N5OS/c1-10-17-18-14(21-10)19-7-4-12(5-8-19)16-13(20)11-3-2-6-15-9-11/h2-3,6,9,12H,4-5,7-8H2,1H3,(H,16,20). The molecule has 1 fully saturated rings. The number of hydrogen-bond acceptors (Lipinski definition) is 6. The molecule has 21 heavy (non-hydrogen) atoms. The van der Waals surface area contributed by atoms with E-state index in [0.717, 1.165) is 36.1 Å². The zero-order valence-electron chi connectivity index (χ0n) is 11.8. The molecule has 2 aromatic rings. The monoisotopic (exact) mass is 303 g/mol. The molecule has 1 aliphatic rings. The van der Waals surface area contributed by atoms with E-state index in [4.69, 9.17) is 0 Å². The maximum Gasteiger partial charge on any atom is 0.253 e. The zero-order chi connectivity index (χ0) is 14.7. The van der Waals surface area contributed by atoms with Crippen molar-refractivity contribution in [2.75, 3.05) is 18.0 Å². The van der Waals surface area contributed by atoms with E-state index in [1.807, 2.05) is 6.92 Å². The summed E-state index contributed by atoms with van der Waals surface area (Å²) in [5.74, 6) is -0.0479. The molecule has 0 atom stereocenters. The van der Waals surface area contributed by atoms with Gasteiger partial charge in [-0.3, -0.25) is 9.78 Å². The molecule has 0 bridgehead atoms. The highest BCUT2D eigenvalue weighted by atomic mass is 32.1. The van der Waals surface area contributed by atoms with Crippen molar-refractivity contribution in [3.63, 3.8) is 0 Å². The van der Waals surface area contributed by atoms with Crippen molar-refractivity contribution in [3.8, 4) is 0 Å². The molecule has 110 valence electrons. The fraction of sp³-hybridized carbons (Fsp3) is 0.429. The van der Waals surface area contributed by atoms with Crippen LogP contribution in [0.5, 0.6) is 0 Å². The molecule has 1 saturated heterocycles. The average Bonchev–Trinajstić information content (AvgIpc) is 2.95. The topological polar surface area (TPSA) is 71.0 Å². The number of aryl methyl sites for hydroxylation is 1. The van der Waals surface area contributed by atoms with Gasteiger partial charge in [0.05, 0.1) is 5.56 Å². The minimum atomic E-state index is -0.0479. The van der Waals surface area contributed by atoms with Crippen molar-refractivity contribution >= 4 is 22.4 Å². The third kappa shape index (κ3) is 3.36. The van der Waals surface area contributed by atoms with Crippen molar-refractivity contribution in [2.24, 2.45) is 0 Å². The molecule has 0 aromatic carbocycles. The first-order valence-electron chi connectivity index (χ1n) is 6.98. The van der Waals surface area contributed by atoms with Crippen molar-refractivity contribution < 1.29 is 4.79 Å². The molecule has 1 amide bonds. The molecule has 6 nitrogen and oxygen atoms in total. The molecule has 0 spiro atoms. The van der Waals surface area contributed by atoms with Crippen LogP contribution in [0.2, 0.25) is 0 Å². The molecule has 1 aliphatic heterocycles. The first-order chi connectivity index (χ1) is 10.2. The number of anilines is 1. The predicted octanol–water partition coefficient (Wildman–Crippen LogP) is 1.64. The number of rotatable bonds is 3. The number of hydrogen-bond donors (Lipinski definition) is 1. The Kier molecular flexibility index (Phi) is 4.10. The number of nitrogens with one attached hydrogen (secondary N) is 1. The van der Waals surface area contributed by atoms with Crippen LogP contribution in [0, 0.1) is 6.92 Å². The van der Waals surface area contributed by atoms with E-state index in [0.29, 0.717) is 5.56 Å². The first-order valence-corrected chi connectivity index (χ1v) is 7.80. The van der Waals surface area contributed by atoms with Crippen molar-refractivity contribution in [1.82, 2.24) is 20.5 Å². The third-order valence-electron chi connectivity index (χ3n) is 3.54. The lowest BCUT2D eigenvalue weighted by Crippen LogP contribution is -2.44. The minimum Gasteiger partial charge on any atom is -0.349 e. The normalized spacial score (nSPS) is 16.0. The fourth-order valence-electron chi connectivity index (χ4n) is 2.39. The van der Waals surface area contributed by atoms with Crippen LogP contribution in [0.4, 0.5) is 5.13 Å². The van der Waals surface area contributed by atoms with Crippen LogP contribution >= 0.6 is 11.3 Å². The van der Waals surface area contributed by atoms with Gasteiger partial charge in [-0.2, -0.15) is 0 Å². The van der Waals surface area contributed by atoms with E-state index in [1.54, 1.807) is 35.9 Å². The highest BCUT2D eigenvalue weighted by Crippen LogP contribution is 2.23. The van der Waals surface area contributed by atoms with E-state index in [-0.39, 0.29) is 11.9 Å². The van der Waals surface area contributed by atoms with Gasteiger partial charge in [-0.1, -0.05) is 11.3 Å². The number of aromatic nitrogens is 3. The lowest BCUT2D eigenvalue weighted by molar-refractivity contribution is 0.0930. The molecule has 1 N–H and O–H groups in total. The van der Waals surface area contributed by atoms with Gasteiger partial charge >= 0.3 is 0 Å². The van der Waals surface area contributed by atoms with Crippen LogP contribution in [0.15, 0.2) is 24.5 Å². The maximum absolute atomic E-state index is 12.1. The van der Waals surface area contributed by atoms with E-state index in [2.05, 4.69) is 25.4 Å². The molecule has 0 saturated carbocycles. The van der Waals surface area contributed by atoms with Gasteiger partial charge in [0, 0.05) is 31.5 Å². The highest BCUT2D eigenvalue weighted by molar-refractivity contribution is 7.15. The molecule has 0 radical (unpaired) electrons. The summed E-state index contributed by atoms with van der Waals surface area (Å²) in [5, 5.41) is 13.3. The SMILES string of the molecule is Cc1nnc(N2CCC(NC(=O)c3cccnc3)CC2)s1. The predicted molar refractivity (Wildman–Crippen MR) is 81.6 cm³/mol. The Hall–Kier alpha value is -2.02. The molecule has 2 aromatic heterocycles. The Balaban J connectivity index is 1.53. The van der Waals surface area contributed by atoms with Crippen LogP contribution < -0.4 is 10.2 Å². The van der Waals surface area contributed by atoms with Crippen molar-refractivity contribution in [3.05, 3.63) is 35.1 Å². The van der Waals surface area contributed by atoms with Gasteiger partial charge in [0.2, 0.25) is 5.13 Å². The Morgan fingerprint density at radius 3 is 2.81 bits per heavy atom. The Morgan fingerprint density at radius 2 is 2.19 bits per heavy atom. The van der Waals surface area contributed by atoms with E-state index >= 15 is 0 Å². The second-order valence-corrected chi connectivity index (χ2v) is 6.24. The summed E-state index contributed by atoms with van der Waals surface area (Å²) in [7, 11) is 0. The second-order valence-electron chi connectivity index (χ2n) is 5.08. The Morgan fingerprint density at radius 1 is 1.38 bits per heavy atom. The molecular formula is C14H17N5OS. The van der Waals surface area contributed by atoms with Gasteiger partial charge in [0.15, 0.2) is 0 Å². The van der Waals surface area contributed by atoms with Gasteiger partial charge in [-0.25, -0.2) is 0 Å². The minimum absolute atomic E-state index is 0.0479. The summed E-state index contributed by atoms with van der Waals surface area (Å²) in [6.45, 7) is 3.75. The number of carbonyl (C=O) groups excluding carboxylic acids is 1. The zero-order valence-corrected chi connectivity index (χ0v) is 12.6. The summed E-state index contributed by atoms with van der Waals surface area (Å²) < 4.78 is 0. The first kappa shape index (κ1) is 13.9. The van der Waals surface area contributed by atoms with Gasteiger partial charge in [0.1, 0.15) is 5.01 Å². The molecule has 3 heterocycles. The number of amides is 1. The van der Waals surface area contributed by atoms with Crippen molar-refractivity contribution in [1.29, 1.82) is 0 Å². The highest BCUT2D eigenvalue weighted by Gasteiger charge is 2.23. The fourth-order valence-corrected chi connectivity index (χ4v) is 3.13. The van der Waals surface area contributed by atoms with Crippen LogP contribution in [-0.2, 0) is 0 Å². The lowest BCUT2D eigenvalue weighted by atomic mass is 10.1. The quantitative estimate of drug-likeness (QED) is 0.933. The summed E-state index contributed by atoms with van der Waals surface area (Å²) in [4.78, 5) is 18.3. The van der Waals surface area contributed by atoms with E-state index in [1.165, 1.54) is 0 Å². The molecule has 3 rings (SSSR count). The smallest absolute Gasteiger partial charge is 0.253 e. The van der Waals surface area contributed by atoms with Crippen molar-refractivity contribution in [2.45, 2.75) is 25.8 Å². The number of nitrogens with zero attached hydrogens (tertiary/aromatic N) is 4. The maximum atomic E-state index is 12.1. The Labute approximate surface area is 127 Å². The van der Waals surface area contributed by atoms with E-state index in [9.17, 15) is 4.79 Å². The number of carbonyl (C=O) groups is 1. The summed E-state index contributed by atoms with van der Waals surface area (Å²) in [6.07, 6.45) is 5.10. The van der Waals surface area contributed by atoms with Crippen LogP contribution in [0.3, 0.4) is 0 Å². The molecule has 0 unspecified atom stereocenters. The second kappa shape index (κ2) is 6.17. The number of pyridine rings is 1. The average molecular weight is 303 g/mol. The van der Waals surface area contributed by atoms with Gasteiger partial charge in [-0.05, 0) is 31.9 Å². The van der Waals surface area contributed by atoms with Crippen LogP contribution in [-0.4, -0.2) is 40.2 Å². The van der Waals surface area contributed by atoms with Crippen LogP contribution in [0.1, 0.15) is 28.2 Å². The van der Waals surface area contributed by atoms with Gasteiger partial charge < -0.3 is 10.2 Å². The summed E-state index contributed by atoms with van der Waals surface area (Å²) in [5.41, 5.74) is 0.611. The third-order valence-corrected chi connectivity index (χ3v) is 4.44.